The molecule has 0 aliphatic carbocycles. The van der Waals surface area contributed by atoms with Gasteiger partial charge in [0.15, 0.2) is 4.34 Å². The minimum absolute atomic E-state index is 0.876. The zero-order chi connectivity index (χ0) is 12.2. The fourth-order valence-corrected chi connectivity index (χ4v) is 4.64. The van der Waals surface area contributed by atoms with Crippen LogP contribution in [0.3, 0.4) is 0 Å². The van der Waals surface area contributed by atoms with Crippen molar-refractivity contribution in [2.45, 2.75) is 23.6 Å². The van der Waals surface area contributed by atoms with Crippen molar-refractivity contribution in [1.29, 1.82) is 0 Å². The minimum Gasteiger partial charge on any atom is -0.316 e. The maximum absolute atomic E-state index is 4.66. The van der Waals surface area contributed by atoms with Gasteiger partial charge in [-0.05, 0) is 50.4 Å². The van der Waals surface area contributed by atoms with Gasteiger partial charge in [0.2, 0.25) is 0 Å². The molecule has 0 amide bonds. The maximum atomic E-state index is 4.66. The lowest BCUT2D eigenvalue weighted by Crippen LogP contribution is -2.29. The molecule has 3 rings (SSSR count). The number of nitrogens with one attached hydrogen (secondary N) is 1. The van der Waals surface area contributed by atoms with Crippen LogP contribution in [-0.4, -0.2) is 23.8 Å². The molecule has 1 N–H and O–H groups in total. The average molecular weight is 278 g/mol. The second-order valence-corrected chi connectivity index (χ2v) is 7.17. The highest BCUT2D eigenvalue weighted by Crippen LogP contribution is 2.30. The summed E-state index contributed by atoms with van der Waals surface area (Å²) in [6.07, 6.45) is 4.05. The van der Waals surface area contributed by atoms with E-state index in [4.69, 9.17) is 0 Å². The van der Waals surface area contributed by atoms with Crippen LogP contribution in [0.25, 0.3) is 10.2 Å². The number of fused-ring (bicyclic) bond motifs is 1. The van der Waals surface area contributed by atoms with E-state index < -0.39 is 0 Å². The number of rotatable bonds is 4. The molecule has 1 atom stereocenters. The van der Waals surface area contributed by atoms with Crippen molar-refractivity contribution in [3.63, 3.8) is 0 Å². The van der Waals surface area contributed by atoms with Crippen LogP contribution in [0.1, 0.15) is 19.3 Å². The van der Waals surface area contributed by atoms with E-state index in [2.05, 4.69) is 34.6 Å². The number of hydrogen-bond acceptors (Lipinski definition) is 4. The Morgan fingerprint density at radius 2 is 2.33 bits per heavy atom. The molecule has 1 aromatic carbocycles. The maximum Gasteiger partial charge on any atom is 0.151 e. The van der Waals surface area contributed by atoms with Gasteiger partial charge in [0, 0.05) is 5.75 Å². The monoisotopic (exact) mass is 278 g/mol. The topological polar surface area (TPSA) is 24.9 Å². The van der Waals surface area contributed by atoms with Gasteiger partial charge in [0.25, 0.3) is 0 Å². The van der Waals surface area contributed by atoms with Gasteiger partial charge < -0.3 is 5.32 Å². The van der Waals surface area contributed by atoms with Gasteiger partial charge in [-0.3, -0.25) is 0 Å². The van der Waals surface area contributed by atoms with Gasteiger partial charge >= 0.3 is 0 Å². The third-order valence-electron chi connectivity index (χ3n) is 3.42. The van der Waals surface area contributed by atoms with Crippen molar-refractivity contribution in [2.24, 2.45) is 5.92 Å². The minimum atomic E-state index is 0.876. The van der Waals surface area contributed by atoms with Crippen LogP contribution in [0, 0.1) is 5.92 Å². The Morgan fingerprint density at radius 1 is 1.39 bits per heavy atom. The lowest BCUT2D eigenvalue weighted by atomic mass is 9.97. The number of thioether (sulfide) groups is 1. The van der Waals surface area contributed by atoms with Gasteiger partial charge in [-0.1, -0.05) is 23.9 Å². The lowest BCUT2D eigenvalue weighted by Gasteiger charge is -2.22. The SMILES string of the molecule is c1ccc2sc(SCCC3CCCNC3)nc2c1. The van der Waals surface area contributed by atoms with E-state index in [1.54, 1.807) is 0 Å². The van der Waals surface area contributed by atoms with Crippen molar-refractivity contribution in [3.05, 3.63) is 24.3 Å². The van der Waals surface area contributed by atoms with E-state index in [-0.39, 0.29) is 0 Å². The molecule has 96 valence electrons. The summed E-state index contributed by atoms with van der Waals surface area (Å²) in [6, 6.07) is 8.40. The highest BCUT2D eigenvalue weighted by atomic mass is 32.2. The molecular formula is C14H18N2S2. The number of thiazole rings is 1. The molecule has 18 heavy (non-hydrogen) atoms. The zero-order valence-corrected chi connectivity index (χ0v) is 12.0. The van der Waals surface area contributed by atoms with E-state index in [9.17, 15) is 0 Å². The fourth-order valence-electron chi connectivity index (χ4n) is 2.40. The van der Waals surface area contributed by atoms with Crippen molar-refractivity contribution in [2.75, 3.05) is 18.8 Å². The predicted molar refractivity (Wildman–Crippen MR) is 80.6 cm³/mol. The summed E-state index contributed by atoms with van der Waals surface area (Å²) < 4.78 is 2.53. The quantitative estimate of drug-likeness (QED) is 0.862. The van der Waals surface area contributed by atoms with Crippen molar-refractivity contribution < 1.29 is 0 Å². The Bertz CT molecular complexity index is 470. The summed E-state index contributed by atoms with van der Waals surface area (Å²) in [4.78, 5) is 4.66. The highest BCUT2D eigenvalue weighted by molar-refractivity contribution is 8.01. The lowest BCUT2D eigenvalue weighted by molar-refractivity contribution is 0.371. The molecule has 2 nitrogen and oxygen atoms in total. The first-order chi connectivity index (χ1) is 8.92. The Kier molecular flexibility index (Phi) is 4.18. The van der Waals surface area contributed by atoms with E-state index in [0.717, 1.165) is 11.4 Å². The molecular weight excluding hydrogens is 260 g/mol. The second kappa shape index (κ2) is 6.04. The van der Waals surface area contributed by atoms with Crippen LogP contribution in [0.2, 0.25) is 0 Å². The van der Waals surface area contributed by atoms with Crippen LogP contribution >= 0.6 is 23.1 Å². The first kappa shape index (κ1) is 12.5. The van der Waals surface area contributed by atoms with Gasteiger partial charge in [0.05, 0.1) is 10.2 Å². The normalized spacial score (nSPS) is 20.3. The molecule has 1 aliphatic rings. The summed E-state index contributed by atoms with van der Waals surface area (Å²) in [7, 11) is 0. The standard InChI is InChI=1S/C14H18N2S2/c1-2-6-13-12(5-1)16-14(18-13)17-9-7-11-4-3-8-15-10-11/h1-2,5-6,11,15H,3-4,7-10H2. The zero-order valence-electron chi connectivity index (χ0n) is 10.4. The van der Waals surface area contributed by atoms with Crippen molar-refractivity contribution >= 4 is 33.3 Å². The van der Waals surface area contributed by atoms with Gasteiger partial charge in [0.1, 0.15) is 0 Å². The fraction of sp³-hybridized carbons (Fsp3) is 0.500. The van der Waals surface area contributed by atoms with E-state index in [1.165, 1.54) is 47.1 Å². The van der Waals surface area contributed by atoms with E-state index in [0.29, 0.717) is 0 Å². The Hall–Kier alpha value is -0.580. The van der Waals surface area contributed by atoms with Gasteiger partial charge in [-0.25, -0.2) is 4.98 Å². The summed E-state index contributed by atoms with van der Waals surface area (Å²) in [5.74, 6) is 2.08. The van der Waals surface area contributed by atoms with Gasteiger partial charge in [-0.15, -0.1) is 11.3 Å². The first-order valence-corrected chi connectivity index (χ1v) is 8.41. The first-order valence-electron chi connectivity index (χ1n) is 6.61. The van der Waals surface area contributed by atoms with Crippen LogP contribution < -0.4 is 5.32 Å². The molecule has 1 unspecified atom stereocenters. The van der Waals surface area contributed by atoms with Crippen molar-refractivity contribution in [3.8, 4) is 0 Å². The molecule has 2 aromatic rings. The molecule has 0 saturated carbocycles. The Morgan fingerprint density at radius 3 is 3.17 bits per heavy atom. The number of para-hydroxylation sites is 1. The van der Waals surface area contributed by atoms with Gasteiger partial charge in [-0.2, -0.15) is 0 Å². The highest BCUT2D eigenvalue weighted by Gasteiger charge is 2.13. The summed E-state index contributed by atoms with van der Waals surface area (Å²) >= 11 is 3.74. The second-order valence-electron chi connectivity index (χ2n) is 4.80. The largest absolute Gasteiger partial charge is 0.316 e. The molecule has 2 heterocycles. The average Bonchev–Trinajstić information content (AvgIpc) is 2.82. The molecule has 1 saturated heterocycles. The summed E-state index contributed by atoms with van der Waals surface area (Å²) in [5.41, 5.74) is 1.14. The van der Waals surface area contributed by atoms with E-state index >= 15 is 0 Å². The third-order valence-corrected chi connectivity index (χ3v) is 5.64. The number of nitrogens with zero attached hydrogens (tertiary/aromatic N) is 1. The number of aromatic nitrogens is 1. The smallest absolute Gasteiger partial charge is 0.151 e. The van der Waals surface area contributed by atoms with Crippen LogP contribution in [0.4, 0.5) is 0 Å². The Labute approximate surface area is 116 Å². The molecule has 1 aromatic heterocycles. The molecule has 4 heteroatoms. The number of benzene rings is 1. The summed E-state index contributed by atoms with van der Waals surface area (Å²) in [5, 5.41) is 3.48. The molecule has 0 spiro atoms. The molecule has 0 radical (unpaired) electrons. The predicted octanol–water partition coefficient (Wildman–Crippen LogP) is 3.78. The number of piperidine rings is 1. The third kappa shape index (κ3) is 3.05. The van der Waals surface area contributed by atoms with E-state index in [1.807, 2.05) is 23.1 Å². The summed E-state index contributed by atoms with van der Waals surface area (Å²) in [6.45, 7) is 2.42. The van der Waals surface area contributed by atoms with Crippen LogP contribution in [-0.2, 0) is 0 Å². The molecule has 1 aliphatic heterocycles. The Balaban J connectivity index is 1.53. The molecule has 1 fully saturated rings. The molecule has 0 bridgehead atoms. The van der Waals surface area contributed by atoms with Crippen LogP contribution in [0.5, 0.6) is 0 Å². The number of hydrogen-bond donors (Lipinski definition) is 1. The van der Waals surface area contributed by atoms with Crippen molar-refractivity contribution in [1.82, 2.24) is 10.3 Å². The van der Waals surface area contributed by atoms with Crippen LogP contribution in [0.15, 0.2) is 28.6 Å².